The van der Waals surface area contributed by atoms with Crippen LogP contribution < -0.4 is 5.32 Å². The lowest BCUT2D eigenvalue weighted by Crippen LogP contribution is -2.22. The molecule has 1 aromatic heterocycles. The summed E-state index contributed by atoms with van der Waals surface area (Å²) in [5, 5.41) is 15.3. The number of hydrogen-bond acceptors (Lipinski definition) is 4. The predicted octanol–water partition coefficient (Wildman–Crippen LogP) is 1.39. The van der Waals surface area contributed by atoms with Crippen LogP contribution in [0.3, 0.4) is 0 Å². The highest BCUT2D eigenvalue weighted by atomic mass is 15.5. The third-order valence-electron chi connectivity index (χ3n) is 4.22. The Balaban J connectivity index is 1.72. The molecule has 1 atom stereocenters. The molecule has 1 heterocycles. The van der Waals surface area contributed by atoms with Crippen LogP contribution in [-0.4, -0.2) is 27.3 Å². The smallest absolute Gasteiger partial charge is 0.167 e. The maximum Gasteiger partial charge on any atom is 0.167 e. The average Bonchev–Trinajstić information content (AvgIpc) is 3.25. The fraction of sp³-hybridized carbons (Fsp3) is 0.917. The molecule has 1 unspecified atom stereocenters. The zero-order valence-corrected chi connectivity index (χ0v) is 10.6. The Kier molecular flexibility index (Phi) is 2.86. The van der Waals surface area contributed by atoms with Crippen molar-refractivity contribution < 1.29 is 0 Å². The van der Waals surface area contributed by atoms with E-state index in [0.717, 1.165) is 30.1 Å². The molecule has 1 aromatic rings. The third-order valence-corrected chi connectivity index (χ3v) is 4.22. The van der Waals surface area contributed by atoms with Crippen molar-refractivity contribution in [3.63, 3.8) is 0 Å². The summed E-state index contributed by atoms with van der Waals surface area (Å²) in [7, 11) is 1.95. The Morgan fingerprint density at radius 1 is 1.29 bits per heavy atom. The summed E-state index contributed by atoms with van der Waals surface area (Å²) in [4.78, 5) is 0. The maximum atomic E-state index is 4.16. The molecule has 2 aliphatic carbocycles. The molecule has 0 aromatic carbocycles. The van der Waals surface area contributed by atoms with E-state index in [9.17, 15) is 0 Å². The highest BCUT2D eigenvalue weighted by molar-refractivity contribution is 4.94. The highest BCUT2D eigenvalue weighted by Gasteiger charge is 2.41. The number of tetrazole rings is 1. The Hall–Kier alpha value is -0.970. The summed E-state index contributed by atoms with van der Waals surface area (Å²) in [6.45, 7) is 3.12. The van der Waals surface area contributed by atoms with Gasteiger partial charge in [-0.1, -0.05) is 0 Å². The quantitative estimate of drug-likeness (QED) is 0.809. The van der Waals surface area contributed by atoms with Crippen molar-refractivity contribution in [3.8, 4) is 0 Å². The second kappa shape index (κ2) is 4.37. The van der Waals surface area contributed by atoms with Crippen LogP contribution in [0.15, 0.2) is 0 Å². The van der Waals surface area contributed by atoms with Gasteiger partial charge < -0.3 is 5.32 Å². The molecule has 0 spiro atoms. The molecule has 17 heavy (non-hydrogen) atoms. The molecular formula is C12H21N5. The van der Waals surface area contributed by atoms with Gasteiger partial charge in [-0.2, -0.15) is 0 Å². The minimum Gasteiger partial charge on any atom is -0.311 e. The lowest BCUT2D eigenvalue weighted by atomic mass is 9.98. The molecule has 0 saturated heterocycles. The number of hydrogen-bond donors (Lipinski definition) is 1. The van der Waals surface area contributed by atoms with Gasteiger partial charge in [-0.3, -0.25) is 0 Å². The van der Waals surface area contributed by atoms with Gasteiger partial charge in [0.05, 0.1) is 6.04 Å². The van der Waals surface area contributed by atoms with Crippen LogP contribution in [0.4, 0.5) is 0 Å². The molecule has 0 aliphatic heterocycles. The standard InChI is InChI=1S/C12H21N5/c1-8(13-2)12-14-15-16-17(12)7-11(9-3-4-9)10-5-6-10/h8-11,13H,3-7H2,1-2H3. The molecule has 94 valence electrons. The Bertz CT molecular complexity index is 368. The summed E-state index contributed by atoms with van der Waals surface area (Å²) >= 11 is 0. The normalized spacial score (nSPS) is 22.1. The van der Waals surface area contributed by atoms with Gasteiger partial charge in [0.15, 0.2) is 5.82 Å². The van der Waals surface area contributed by atoms with E-state index in [2.05, 4.69) is 27.8 Å². The first-order valence-corrected chi connectivity index (χ1v) is 6.73. The summed E-state index contributed by atoms with van der Waals surface area (Å²) in [6, 6.07) is 0.226. The second-order valence-corrected chi connectivity index (χ2v) is 5.57. The summed E-state index contributed by atoms with van der Waals surface area (Å²) in [6.07, 6.45) is 5.67. The summed E-state index contributed by atoms with van der Waals surface area (Å²) in [5.74, 6) is 3.69. The van der Waals surface area contributed by atoms with E-state index in [-0.39, 0.29) is 6.04 Å². The van der Waals surface area contributed by atoms with Crippen LogP contribution in [0.2, 0.25) is 0 Å². The predicted molar refractivity (Wildman–Crippen MR) is 64.2 cm³/mol. The summed E-state index contributed by atoms with van der Waals surface area (Å²) < 4.78 is 2.02. The number of rotatable bonds is 6. The largest absolute Gasteiger partial charge is 0.311 e. The fourth-order valence-corrected chi connectivity index (χ4v) is 2.71. The lowest BCUT2D eigenvalue weighted by molar-refractivity contribution is 0.319. The van der Waals surface area contributed by atoms with Crippen molar-refractivity contribution >= 4 is 0 Å². The van der Waals surface area contributed by atoms with E-state index in [4.69, 9.17) is 0 Å². The van der Waals surface area contributed by atoms with E-state index >= 15 is 0 Å². The zero-order valence-electron chi connectivity index (χ0n) is 10.6. The van der Waals surface area contributed by atoms with E-state index < -0.39 is 0 Å². The van der Waals surface area contributed by atoms with E-state index in [0.29, 0.717) is 0 Å². The number of aromatic nitrogens is 4. The Labute approximate surface area is 102 Å². The van der Waals surface area contributed by atoms with Gasteiger partial charge in [0.2, 0.25) is 0 Å². The lowest BCUT2D eigenvalue weighted by Gasteiger charge is -2.17. The highest BCUT2D eigenvalue weighted by Crippen LogP contribution is 2.49. The van der Waals surface area contributed by atoms with Crippen molar-refractivity contribution in [2.75, 3.05) is 7.05 Å². The van der Waals surface area contributed by atoms with Gasteiger partial charge in [0, 0.05) is 6.54 Å². The minimum atomic E-state index is 0.226. The van der Waals surface area contributed by atoms with Crippen molar-refractivity contribution in [2.45, 2.75) is 45.2 Å². The van der Waals surface area contributed by atoms with E-state index in [1.165, 1.54) is 25.7 Å². The molecule has 0 amide bonds. The second-order valence-electron chi connectivity index (χ2n) is 5.57. The van der Waals surface area contributed by atoms with Crippen molar-refractivity contribution in [1.82, 2.24) is 25.5 Å². The maximum absolute atomic E-state index is 4.16. The van der Waals surface area contributed by atoms with E-state index in [1.54, 1.807) is 0 Å². The molecule has 5 heteroatoms. The van der Waals surface area contributed by atoms with Gasteiger partial charge in [-0.25, -0.2) is 4.68 Å². The van der Waals surface area contributed by atoms with Crippen molar-refractivity contribution in [2.24, 2.45) is 17.8 Å². The molecule has 2 saturated carbocycles. The molecule has 0 bridgehead atoms. The Morgan fingerprint density at radius 2 is 1.94 bits per heavy atom. The first-order chi connectivity index (χ1) is 8.29. The Morgan fingerprint density at radius 3 is 2.47 bits per heavy atom. The van der Waals surface area contributed by atoms with Crippen LogP contribution >= 0.6 is 0 Å². The SMILES string of the molecule is CNC(C)c1nnnn1CC(C1CC1)C1CC1. The van der Waals surface area contributed by atoms with Crippen molar-refractivity contribution in [3.05, 3.63) is 5.82 Å². The minimum absolute atomic E-state index is 0.226. The molecule has 1 N–H and O–H groups in total. The van der Waals surface area contributed by atoms with Gasteiger partial charge in [-0.15, -0.1) is 5.10 Å². The molecule has 2 fully saturated rings. The van der Waals surface area contributed by atoms with Gasteiger partial charge in [-0.05, 0) is 67.8 Å². The van der Waals surface area contributed by atoms with Crippen molar-refractivity contribution in [1.29, 1.82) is 0 Å². The molecular weight excluding hydrogens is 214 g/mol. The van der Waals surface area contributed by atoms with Crippen LogP contribution in [0.1, 0.15) is 44.5 Å². The first kappa shape index (κ1) is 11.1. The van der Waals surface area contributed by atoms with Gasteiger partial charge in [0.25, 0.3) is 0 Å². The van der Waals surface area contributed by atoms with Gasteiger partial charge >= 0.3 is 0 Å². The fourth-order valence-electron chi connectivity index (χ4n) is 2.71. The number of nitrogens with zero attached hydrogens (tertiary/aromatic N) is 4. The van der Waals surface area contributed by atoms with Gasteiger partial charge in [0.1, 0.15) is 0 Å². The van der Waals surface area contributed by atoms with Crippen LogP contribution in [-0.2, 0) is 6.54 Å². The topological polar surface area (TPSA) is 55.6 Å². The van der Waals surface area contributed by atoms with Crippen LogP contribution in [0.25, 0.3) is 0 Å². The monoisotopic (exact) mass is 235 g/mol. The van der Waals surface area contributed by atoms with E-state index in [1.807, 2.05) is 11.7 Å². The first-order valence-electron chi connectivity index (χ1n) is 6.73. The molecule has 5 nitrogen and oxygen atoms in total. The summed E-state index contributed by atoms with van der Waals surface area (Å²) in [5.41, 5.74) is 0. The third kappa shape index (κ3) is 2.34. The molecule has 0 radical (unpaired) electrons. The average molecular weight is 235 g/mol. The molecule has 3 rings (SSSR count). The zero-order chi connectivity index (χ0) is 11.8. The molecule has 2 aliphatic rings. The van der Waals surface area contributed by atoms with Crippen LogP contribution in [0, 0.1) is 17.8 Å². The van der Waals surface area contributed by atoms with Crippen LogP contribution in [0.5, 0.6) is 0 Å². The number of nitrogens with one attached hydrogen (secondary N) is 1.